The lowest BCUT2D eigenvalue weighted by molar-refractivity contribution is 0.456. The maximum Gasteiger partial charge on any atom is 0.224 e. The van der Waals surface area contributed by atoms with Crippen molar-refractivity contribution < 1.29 is 9.13 Å². The van der Waals surface area contributed by atoms with Gasteiger partial charge in [0.25, 0.3) is 0 Å². The number of nitrogens with one attached hydrogen (secondary N) is 1. The van der Waals surface area contributed by atoms with Crippen LogP contribution in [0.15, 0.2) is 30.6 Å². The second-order valence-electron chi connectivity index (χ2n) is 5.19. The Kier molecular flexibility index (Phi) is 4.40. The third-order valence-electron chi connectivity index (χ3n) is 3.43. The van der Waals surface area contributed by atoms with Crippen LogP contribution in [-0.2, 0) is 0 Å². The Morgan fingerprint density at radius 2 is 2.23 bits per heavy atom. The summed E-state index contributed by atoms with van der Waals surface area (Å²) in [5.74, 6) is 1.17. The number of halogens is 2. The predicted octanol–water partition coefficient (Wildman–Crippen LogP) is 2.86. The van der Waals surface area contributed by atoms with Crippen molar-refractivity contribution in [1.82, 2.24) is 15.3 Å². The van der Waals surface area contributed by atoms with E-state index in [0.29, 0.717) is 17.7 Å². The first-order chi connectivity index (χ1) is 10.6. The van der Waals surface area contributed by atoms with Gasteiger partial charge in [-0.15, -0.1) is 0 Å². The first-order valence-electron chi connectivity index (χ1n) is 7.05. The average Bonchev–Trinajstić information content (AvgIpc) is 2.51. The van der Waals surface area contributed by atoms with Crippen LogP contribution in [0.4, 0.5) is 10.2 Å². The van der Waals surface area contributed by atoms with Crippen LogP contribution in [0.2, 0.25) is 5.02 Å². The highest BCUT2D eigenvalue weighted by Crippen LogP contribution is 2.26. The molecule has 7 heteroatoms. The summed E-state index contributed by atoms with van der Waals surface area (Å²) in [6.07, 6.45) is 1.46. The lowest BCUT2D eigenvalue weighted by Crippen LogP contribution is -2.49. The molecule has 116 valence electrons. The van der Waals surface area contributed by atoms with Crippen molar-refractivity contribution in [3.8, 4) is 11.6 Å². The molecular weight excluding hydrogens is 307 g/mol. The van der Waals surface area contributed by atoms with E-state index in [1.165, 1.54) is 24.5 Å². The van der Waals surface area contributed by atoms with Gasteiger partial charge < -0.3 is 15.0 Å². The lowest BCUT2D eigenvalue weighted by Gasteiger charge is -2.32. The monoisotopic (exact) mass is 322 g/mol. The first kappa shape index (κ1) is 15.0. The van der Waals surface area contributed by atoms with E-state index < -0.39 is 5.82 Å². The molecule has 22 heavy (non-hydrogen) atoms. The summed E-state index contributed by atoms with van der Waals surface area (Å²) in [4.78, 5) is 10.6. The number of rotatable bonds is 3. The van der Waals surface area contributed by atoms with Crippen molar-refractivity contribution >= 4 is 17.4 Å². The molecule has 0 bridgehead atoms. The SMILES string of the molecule is CC1CN(c2cc(Oc3ccc(F)c(Cl)c3)ncn2)CCN1. The van der Waals surface area contributed by atoms with E-state index in [0.717, 1.165) is 25.5 Å². The van der Waals surface area contributed by atoms with Gasteiger partial charge in [-0.25, -0.2) is 14.4 Å². The van der Waals surface area contributed by atoms with E-state index in [9.17, 15) is 4.39 Å². The average molecular weight is 323 g/mol. The number of benzene rings is 1. The van der Waals surface area contributed by atoms with Crippen LogP contribution in [0.1, 0.15) is 6.92 Å². The molecule has 1 unspecified atom stereocenters. The predicted molar refractivity (Wildman–Crippen MR) is 83.2 cm³/mol. The Morgan fingerprint density at radius 1 is 1.36 bits per heavy atom. The molecule has 0 aliphatic carbocycles. The van der Waals surface area contributed by atoms with E-state index in [-0.39, 0.29) is 5.02 Å². The molecule has 1 N–H and O–H groups in total. The lowest BCUT2D eigenvalue weighted by atomic mass is 10.2. The topological polar surface area (TPSA) is 50.3 Å². The summed E-state index contributed by atoms with van der Waals surface area (Å²) in [5.41, 5.74) is 0. The van der Waals surface area contributed by atoms with Gasteiger partial charge in [0.2, 0.25) is 5.88 Å². The van der Waals surface area contributed by atoms with E-state index in [1.54, 1.807) is 6.07 Å². The van der Waals surface area contributed by atoms with Crippen LogP contribution in [0.25, 0.3) is 0 Å². The zero-order chi connectivity index (χ0) is 15.5. The molecule has 1 aliphatic rings. The Hall–Kier alpha value is -1.92. The highest BCUT2D eigenvalue weighted by molar-refractivity contribution is 6.30. The van der Waals surface area contributed by atoms with E-state index in [2.05, 4.69) is 27.1 Å². The fraction of sp³-hybridized carbons (Fsp3) is 0.333. The van der Waals surface area contributed by atoms with Crippen LogP contribution >= 0.6 is 11.6 Å². The molecule has 0 radical (unpaired) electrons. The number of ether oxygens (including phenoxy) is 1. The molecule has 1 aliphatic heterocycles. The van der Waals surface area contributed by atoms with Gasteiger partial charge in [0.1, 0.15) is 23.7 Å². The number of piperazine rings is 1. The summed E-state index contributed by atoms with van der Waals surface area (Å²) >= 11 is 5.75. The van der Waals surface area contributed by atoms with E-state index >= 15 is 0 Å². The largest absolute Gasteiger partial charge is 0.439 e. The van der Waals surface area contributed by atoms with Gasteiger partial charge in [-0.3, -0.25) is 0 Å². The smallest absolute Gasteiger partial charge is 0.224 e. The fourth-order valence-electron chi connectivity index (χ4n) is 2.36. The molecule has 1 aromatic heterocycles. The van der Waals surface area contributed by atoms with E-state index in [4.69, 9.17) is 16.3 Å². The molecule has 1 saturated heterocycles. The second-order valence-corrected chi connectivity index (χ2v) is 5.60. The van der Waals surface area contributed by atoms with Crippen LogP contribution in [0, 0.1) is 5.82 Å². The van der Waals surface area contributed by atoms with Crippen LogP contribution < -0.4 is 15.0 Å². The van der Waals surface area contributed by atoms with Gasteiger partial charge in [0, 0.05) is 37.8 Å². The molecule has 0 spiro atoms. The van der Waals surface area contributed by atoms with Crippen LogP contribution in [0.3, 0.4) is 0 Å². The zero-order valence-corrected chi connectivity index (χ0v) is 12.8. The van der Waals surface area contributed by atoms with Gasteiger partial charge in [0.05, 0.1) is 5.02 Å². The third kappa shape index (κ3) is 3.45. The fourth-order valence-corrected chi connectivity index (χ4v) is 2.53. The van der Waals surface area contributed by atoms with Crippen molar-refractivity contribution in [1.29, 1.82) is 0 Å². The maximum atomic E-state index is 13.2. The van der Waals surface area contributed by atoms with Gasteiger partial charge in [0.15, 0.2) is 0 Å². The number of aromatic nitrogens is 2. The standard InChI is InChI=1S/C15H16ClFN4O/c1-10-8-21(5-4-18-10)14-7-15(20-9-19-14)22-11-2-3-13(17)12(16)6-11/h2-3,6-7,9-10,18H,4-5,8H2,1H3. The van der Waals surface area contributed by atoms with Crippen LogP contribution in [-0.4, -0.2) is 35.6 Å². The molecule has 2 heterocycles. The van der Waals surface area contributed by atoms with Crippen molar-refractivity contribution in [3.63, 3.8) is 0 Å². The van der Waals surface area contributed by atoms with Gasteiger partial charge in [-0.2, -0.15) is 0 Å². The molecule has 0 saturated carbocycles. The zero-order valence-electron chi connectivity index (χ0n) is 12.1. The second kappa shape index (κ2) is 6.46. The molecular formula is C15H16ClFN4O. The summed E-state index contributed by atoms with van der Waals surface area (Å²) in [7, 11) is 0. The van der Waals surface area contributed by atoms with Gasteiger partial charge in [-0.1, -0.05) is 11.6 Å². The summed E-state index contributed by atoms with van der Waals surface area (Å²) in [5, 5.41) is 3.40. The molecule has 1 aromatic carbocycles. The van der Waals surface area contributed by atoms with Crippen molar-refractivity contribution in [2.75, 3.05) is 24.5 Å². The van der Waals surface area contributed by atoms with Crippen molar-refractivity contribution in [2.24, 2.45) is 0 Å². The number of nitrogens with zero attached hydrogens (tertiary/aromatic N) is 3. The first-order valence-corrected chi connectivity index (χ1v) is 7.43. The molecule has 1 fully saturated rings. The Morgan fingerprint density at radius 3 is 3.00 bits per heavy atom. The number of hydrogen-bond acceptors (Lipinski definition) is 5. The molecule has 2 aromatic rings. The number of hydrogen-bond donors (Lipinski definition) is 1. The van der Waals surface area contributed by atoms with Crippen molar-refractivity contribution in [2.45, 2.75) is 13.0 Å². The number of anilines is 1. The summed E-state index contributed by atoms with van der Waals surface area (Å²) in [6.45, 7) is 4.79. The maximum absolute atomic E-state index is 13.2. The minimum absolute atomic E-state index is 0.0164. The summed E-state index contributed by atoms with van der Waals surface area (Å²) < 4.78 is 18.8. The third-order valence-corrected chi connectivity index (χ3v) is 3.72. The molecule has 1 atom stereocenters. The molecule has 5 nitrogen and oxygen atoms in total. The van der Waals surface area contributed by atoms with Crippen molar-refractivity contribution in [3.05, 3.63) is 41.4 Å². The quantitative estimate of drug-likeness (QED) is 0.941. The van der Waals surface area contributed by atoms with Gasteiger partial charge >= 0.3 is 0 Å². The Bertz CT molecular complexity index is 670. The molecule has 0 amide bonds. The minimum Gasteiger partial charge on any atom is -0.439 e. The highest BCUT2D eigenvalue weighted by atomic mass is 35.5. The van der Waals surface area contributed by atoms with E-state index in [1.807, 2.05) is 0 Å². The highest BCUT2D eigenvalue weighted by Gasteiger charge is 2.17. The van der Waals surface area contributed by atoms with Crippen LogP contribution in [0.5, 0.6) is 11.6 Å². The van der Waals surface area contributed by atoms with Gasteiger partial charge in [-0.05, 0) is 19.1 Å². The summed E-state index contributed by atoms with van der Waals surface area (Å²) in [6, 6.07) is 6.37. The Labute approximate surface area is 133 Å². The molecule has 3 rings (SSSR count). The normalized spacial score (nSPS) is 18.3. The minimum atomic E-state index is -0.479. The Balaban J connectivity index is 1.77.